The molecule has 0 bridgehead atoms. The third-order valence-electron chi connectivity index (χ3n) is 2.07. The minimum Gasteiger partial charge on any atom is -0.469 e. The largest absolute Gasteiger partial charge is 0.469 e. The number of ether oxygens (including phenoxy) is 1. The molecule has 0 spiro atoms. The highest BCUT2D eigenvalue weighted by molar-refractivity contribution is 9.10. The van der Waals surface area contributed by atoms with E-state index in [0.717, 1.165) is 0 Å². The first-order chi connectivity index (χ1) is 7.99. The molecule has 1 aromatic heterocycles. The number of pyridine rings is 1. The summed E-state index contributed by atoms with van der Waals surface area (Å²) in [5.41, 5.74) is 0.638. The van der Waals surface area contributed by atoms with Crippen LogP contribution in [0.5, 0.6) is 0 Å². The molecule has 7 heteroatoms. The van der Waals surface area contributed by atoms with Crippen molar-refractivity contribution < 1.29 is 18.3 Å². The van der Waals surface area contributed by atoms with Crippen molar-refractivity contribution in [2.75, 3.05) is 7.11 Å². The molecule has 0 unspecified atom stereocenters. The number of alkyl halides is 3. The Bertz CT molecular complexity index is 427. The van der Waals surface area contributed by atoms with Crippen molar-refractivity contribution >= 4 is 37.8 Å². The maximum atomic E-state index is 12.8. The predicted molar refractivity (Wildman–Crippen MR) is 65.2 cm³/mol. The Labute approximate surface area is 114 Å². The van der Waals surface area contributed by atoms with Gasteiger partial charge in [0.25, 0.3) is 6.43 Å². The number of carbonyl (C=O) groups is 1. The average molecular weight is 373 g/mol. The van der Waals surface area contributed by atoms with E-state index in [1.54, 1.807) is 0 Å². The molecule has 0 atom stereocenters. The fourth-order valence-corrected chi connectivity index (χ4v) is 2.40. The van der Waals surface area contributed by atoms with E-state index in [0.29, 0.717) is 11.3 Å². The van der Waals surface area contributed by atoms with Gasteiger partial charge in [0.15, 0.2) is 0 Å². The van der Waals surface area contributed by atoms with Crippen LogP contribution in [0.1, 0.15) is 23.2 Å². The molecule has 0 N–H and O–H groups in total. The number of methoxy groups -OCH3 is 1. The lowest BCUT2D eigenvalue weighted by molar-refractivity contribution is -0.139. The Morgan fingerprint density at radius 1 is 1.59 bits per heavy atom. The summed E-state index contributed by atoms with van der Waals surface area (Å²) >= 11 is 6.12. The van der Waals surface area contributed by atoms with E-state index in [1.807, 2.05) is 0 Å². The number of esters is 1. The molecule has 94 valence electrons. The molecule has 1 aromatic rings. The smallest absolute Gasteiger partial charge is 0.311 e. The first-order valence-electron chi connectivity index (χ1n) is 4.58. The van der Waals surface area contributed by atoms with Gasteiger partial charge in [-0.1, -0.05) is 15.9 Å². The number of halogens is 4. The summed E-state index contributed by atoms with van der Waals surface area (Å²) in [7, 11) is 1.26. The summed E-state index contributed by atoms with van der Waals surface area (Å²) in [6, 6.07) is 1.47. The Morgan fingerprint density at radius 2 is 2.24 bits per heavy atom. The van der Waals surface area contributed by atoms with Gasteiger partial charge < -0.3 is 4.74 Å². The van der Waals surface area contributed by atoms with Gasteiger partial charge in [-0.3, -0.25) is 4.79 Å². The second-order valence-electron chi connectivity index (χ2n) is 3.16. The third kappa shape index (κ3) is 3.70. The van der Waals surface area contributed by atoms with E-state index in [4.69, 9.17) is 0 Å². The van der Waals surface area contributed by atoms with Crippen molar-refractivity contribution in [3.63, 3.8) is 0 Å². The summed E-state index contributed by atoms with van der Waals surface area (Å²) in [5.74, 6) is -0.463. The average Bonchev–Trinajstić information content (AvgIpc) is 2.27. The van der Waals surface area contributed by atoms with Crippen molar-refractivity contribution in [3.05, 3.63) is 27.5 Å². The molecular weight excluding hydrogens is 364 g/mol. The second-order valence-corrected chi connectivity index (χ2v) is 4.48. The second kappa shape index (κ2) is 6.39. The molecule has 0 aliphatic rings. The molecule has 0 aliphatic carbocycles. The fourth-order valence-electron chi connectivity index (χ4n) is 1.28. The lowest BCUT2D eigenvalue weighted by Gasteiger charge is -2.10. The van der Waals surface area contributed by atoms with Crippen LogP contribution in [0.3, 0.4) is 0 Å². The molecular formula is C10H9Br2F2NO2. The minimum absolute atomic E-state index is 0.0430. The van der Waals surface area contributed by atoms with Gasteiger partial charge in [0.2, 0.25) is 0 Å². The molecule has 0 amide bonds. The Morgan fingerprint density at radius 3 is 2.71 bits per heavy atom. The lowest BCUT2D eigenvalue weighted by Crippen LogP contribution is -2.08. The molecule has 0 fully saturated rings. The van der Waals surface area contributed by atoms with E-state index < -0.39 is 12.4 Å². The van der Waals surface area contributed by atoms with Crippen molar-refractivity contribution in [1.82, 2.24) is 4.98 Å². The van der Waals surface area contributed by atoms with E-state index in [-0.39, 0.29) is 21.9 Å². The van der Waals surface area contributed by atoms with Crippen LogP contribution in [0, 0.1) is 0 Å². The topological polar surface area (TPSA) is 39.2 Å². The number of hydrogen-bond donors (Lipinski definition) is 0. The van der Waals surface area contributed by atoms with Gasteiger partial charge >= 0.3 is 5.97 Å². The van der Waals surface area contributed by atoms with Gasteiger partial charge in [-0.2, -0.15) is 0 Å². The number of carbonyl (C=O) groups excluding carboxylic acids is 1. The molecule has 0 saturated carbocycles. The van der Waals surface area contributed by atoms with Crippen LogP contribution in [-0.4, -0.2) is 18.1 Å². The van der Waals surface area contributed by atoms with Gasteiger partial charge in [0, 0.05) is 5.33 Å². The van der Waals surface area contributed by atoms with Crippen molar-refractivity contribution in [1.29, 1.82) is 0 Å². The third-order valence-corrected chi connectivity index (χ3v) is 3.27. The summed E-state index contributed by atoms with van der Waals surface area (Å²) < 4.78 is 30.1. The molecule has 1 heterocycles. The summed E-state index contributed by atoms with van der Waals surface area (Å²) in [6.45, 7) is 0. The van der Waals surface area contributed by atoms with Crippen LogP contribution in [-0.2, 0) is 21.3 Å². The van der Waals surface area contributed by atoms with Gasteiger partial charge in [-0.15, -0.1) is 0 Å². The standard InChI is InChI=1S/C10H9Br2F2NO2/c1-17-7(16)3-6-2-5(4-11)8(10(13)14)9(12)15-6/h2,10H,3-4H2,1H3. The molecule has 0 radical (unpaired) electrons. The maximum Gasteiger partial charge on any atom is 0.311 e. The van der Waals surface area contributed by atoms with E-state index in [1.165, 1.54) is 13.2 Å². The normalized spacial score (nSPS) is 10.7. The van der Waals surface area contributed by atoms with Crippen LogP contribution < -0.4 is 0 Å². The van der Waals surface area contributed by atoms with E-state index in [2.05, 4.69) is 41.6 Å². The number of rotatable bonds is 4. The molecule has 0 saturated heterocycles. The summed E-state index contributed by atoms with van der Waals surface area (Å²) in [5, 5.41) is 0.266. The number of nitrogens with zero attached hydrogens (tertiary/aromatic N) is 1. The highest BCUT2D eigenvalue weighted by atomic mass is 79.9. The van der Waals surface area contributed by atoms with E-state index in [9.17, 15) is 13.6 Å². The van der Waals surface area contributed by atoms with Crippen molar-refractivity contribution in [2.45, 2.75) is 18.2 Å². The van der Waals surface area contributed by atoms with Gasteiger partial charge in [0.05, 0.1) is 24.8 Å². The minimum atomic E-state index is -2.61. The van der Waals surface area contributed by atoms with Crippen LogP contribution >= 0.6 is 31.9 Å². The predicted octanol–water partition coefficient (Wildman–Crippen LogP) is 3.39. The van der Waals surface area contributed by atoms with Crippen LogP contribution in [0.2, 0.25) is 0 Å². The van der Waals surface area contributed by atoms with Gasteiger partial charge in [-0.05, 0) is 27.6 Å². The fraction of sp³-hybridized carbons (Fsp3) is 0.400. The van der Waals surface area contributed by atoms with Gasteiger partial charge in [0.1, 0.15) is 4.60 Å². The maximum absolute atomic E-state index is 12.8. The Kier molecular flexibility index (Phi) is 5.45. The zero-order valence-corrected chi connectivity index (χ0v) is 12.0. The van der Waals surface area contributed by atoms with Crippen molar-refractivity contribution in [3.8, 4) is 0 Å². The lowest BCUT2D eigenvalue weighted by atomic mass is 10.1. The Hall–Kier alpha value is -0.560. The highest BCUT2D eigenvalue weighted by Gasteiger charge is 2.19. The molecule has 1 rings (SSSR count). The zero-order valence-electron chi connectivity index (χ0n) is 8.84. The number of aromatic nitrogens is 1. The molecule has 17 heavy (non-hydrogen) atoms. The number of hydrogen-bond acceptors (Lipinski definition) is 3. The summed E-state index contributed by atoms with van der Waals surface area (Å²) in [4.78, 5) is 15.0. The van der Waals surface area contributed by atoms with E-state index >= 15 is 0 Å². The molecule has 0 aliphatic heterocycles. The Balaban J connectivity index is 3.13. The monoisotopic (exact) mass is 371 g/mol. The highest BCUT2D eigenvalue weighted by Crippen LogP contribution is 2.31. The first kappa shape index (κ1) is 14.5. The quantitative estimate of drug-likeness (QED) is 0.462. The van der Waals surface area contributed by atoms with Crippen LogP contribution in [0.15, 0.2) is 10.7 Å². The zero-order chi connectivity index (χ0) is 13.0. The summed E-state index contributed by atoms with van der Waals surface area (Å²) in [6.07, 6.45) is -2.66. The van der Waals surface area contributed by atoms with Crippen molar-refractivity contribution in [2.24, 2.45) is 0 Å². The van der Waals surface area contributed by atoms with Gasteiger partial charge in [-0.25, -0.2) is 13.8 Å². The molecule has 3 nitrogen and oxygen atoms in total. The SMILES string of the molecule is COC(=O)Cc1cc(CBr)c(C(F)F)c(Br)n1. The van der Waals surface area contributed by atoms with Crippen LogP contribution in [0.4, 0.5) is 8.78 Å². The first-order valence-corrected chi connectivity index (χ1v) is 6.50. The molecule has 0 aromatic carbocycles. The van der Waals surface area contributed by atoms with Crippen LogP contribution in [0.25, 0.3) is 0 Å².